The number of hydrogen-bond acceptors (Lipinski definition) is 1. The molecule has 2 rings (SSSR count). The van der Waals surface area contributed by atoms with Crippen molar-refractivity contribution in [3.63, 3.8) is 0 Å². The number of hydrogen-bond donors (Lipinski definition) is 2. The van der Waals surface area contributed by atoms with Crippen molar-refractivity contribution in [2.75, 3.05) is 5.32 Å². The summed E-state index contributed by atoms with van der Waals surface area (Å²) < 4.78 is 13.0. The summed E-state index contributed by atoms with van der Waals surface area (Å²) in [6, 6.07) is 5.41. The van der Waals surface area contributed by atoms with E-state index in [4.69, 9.17) is 12.2 Å². The zero-order valence-electron chi connectivity index (χ0n) is 8.51. The number of anilines is 1. The van der Waals surface area contributed by atoms with Crippen LogP contribution in [0.25, 0.3) is 0 Å². The predicted octanol–water partition coefficient (Wildman–Crippen LogP) is 2.58. The Morgan fingerprint density at radius 2 is 2.20 bits per heavy atom. The summed E-state index contributed by atoms with van der Waals surface area (Å²) in [6.07, 6.45) is 2.37. The van der Waals surface area contributed by atoms with Crippen LogP contribution in [0, 0.1) is 12.7 Å². The monoisotopic (exact) mass is 224 g/mol. The predicted molar refractivity (Wildman–Crippen MR) is 63.5 cm³/mol. The number of nitrogens with one attached hydrogen (secondary N) is 2. The molecule has 1 fully saturated rings. The Bertz CT molecular complexity index is 388. The van der Waals surface area contributed by atoms with Crippen molar-refractivity contribution in [3.05, 3.63) is 29.6 Å². The highest BCUT2D eigenvalue weighted by molar-refractivity contribution is 7.80. The van der Waals surface area contributed by atoms with E-state index in [9.17, 15) is 4.39 Å². The molecule has 0 aliphatic heterocycles. The first-order chi connectivity index (χ1) is 7.15. The van der Waals surface area contributed by atoms with Gasteiger partial charge in [-0.1, -0.05) is 0 Å². The minimum absolute atomic E-state index is 0.193. The Balaban J connectivity index is 1.97. The molecule has 1 aromatic carbocycles. The minimum Gasteiger partial charge on any atom is -0.360 e. The van der Waals surface area contributed by atoms with Crippen LogP contribution in [0.5, 0.6) is 0 Å². The van der Waals surface area contributed by atoms with Gasteiger partial charge in [-0.05, 0) is 55.7 Å². The van der Waals surface area contributed by atoms with Gasteiger partial charge in [-0.25, -0.2) is 4.39 Å². The molecule has 1 aliphatic rings. The summed E-state index contributed by atoms with van der Waals surface area (Å²) in [7, 11) is 0. The average molecular weight is 224 g/mol. The molecule has 1 aliphatic carbocycles. The highest BCUT2D eigenvalue weighted by Gasteiger charge is 2.21. The van der Waals surface area contributed by atoms with Gasteiger partial charge in [0.05, 0.1) is 0 Å². The molecule has 0 radical (unpaired) electrons. The molecule has 0 bridgehead atoms. The lowest BCUT2D eigenvalue weighted by molar-refractivity contribution is 0.619. The molecule has 1 aromatic rings. The molecule has 2 N–H and O–H groups in total. The molecule has 4 heteroatoms. The van der Waals surface area contributed by atoms with Gasteiger partial charge in [-0.15, -0.1) is 0 Å². The normalized spacial score (nSPS) is 14.8. The molecule has 15 heavy (non-hydrogen) atoms. The second kappa shape index (κ2) is 4.14. The summed E-state index contributed by atoms with van der Waals surface area (Å²) in [5.74, 6) is -0.193. The van der Waals surface area contributed by atoms with Crippen LogP contribution in [0.4, 0.5) is 10.1 Å². The van der Waals surface area contributed by atoms with Crippen molar-refractivity contribution < 1.29 is 4.39 Å². The largest absolute Gasteiger partial charge is 0.360 e. The summed E-state index contributed by atoms with van der Waals surface area (Å²) in [5, 5.41) is 6.81. The molecule has 80 valence electrons. The Hall–Kier alpha value is -1.16. The lowest BCUT2D eigenvalue weighted by atomic mass is 10.2. The van der Waals surface area contributed by atoms with E-state index < -0.39 is 0 Å². The molecular formula is C11H13FN2S. The van der Waals surface area contributed by atoms with Gasteiger partial charge in [0.2, 0.25) is 0 Å². The number of aryl methyl sites for hydroxylation is 1. The second-order valence-corrected chi connectivity index (χ2v) is 4.24. The van der Waals surface area contributed by atoms with Gasteiger partial charge in [-0.2, -0.15) is 0 Å². The zero-order chi connectivity index (χ0) is 10.8. The Labute approximate surface area is 93.9 Å². The van der Waals surface area contributed by atoms with Crippen molar-refractivity contribution >= 4 is 23.0 Å². The van der Waals surface area contributed by atoms with E-state index in [0.29, 0.717) is 16.7 Å². The molecule has 0 spiro atoms. The topological polar surface area (TPSA) is 24.1 Å². The van der Waals surface area contributed by atoms with E-state index in [-0.39, 0.29) is 5.82 Å². The van der Waals surface area contributed by atoms with E-state index >= 15 is 0 Å². The highest BCUT2D eigenvalue weighted by atomic mass is 32.1. The van der Waals surface area contributed by atoms with E-state index in [1.165, 1.54) is 18.9 Å². The quantitative estimate of drug-likeness (QED) is 0.755. The van der Waals surface area contributed by atoms with Crippen molar-refractivity contribution in [2.24, 2.45) is 0 Å². The second-order valence-electron chi connectivity index (χ2n) is 3.84. The zero-order valence-corrected chi connectivity index (χ0v) is 9.33. The van der Waals surface area contributed by atoms with Gasteiger partial charge in [-0.3, -0.25) is 0 Å². The van der Waals surface area contributed by atoms with Crippen molar-refractivity contribution in [3.8, 4) is 0 Å². The average Bonchev–Trinajstić information content (AvgIpc) is 2.95. The fraction of sp³-hybridized carbons (Fsp3) is 0.364. The third-order valence-electron chi connectivity index (χ3n) is 2.33. The third kappa shape index (κ3) is 2.89. The molecule has 2 nitrogen and oxygen atoms in total. The smallest absolute Gasteiger partial charge is 0.170 e. The summed E-state index contributed by atoms with van der Waals surface area (Å²) in [5.41, 5.74) is 1.45. The molecule has 1 saturated carbocycles. The van der Waals surface area contributed by atoms with Crippen molar-refractivity contribution in [1.82, 2.24) is 5.32 Å². The van der Waals surface area contributed by atoms with Crippen LogP contribution in [-0.2, 0) is 0 Å². The minimum atomic E-state index is -0.193. The van der Waals surface area contributed by atoms with Crippen LogP contribution in [0.2, 0.25) is 0 Å². The van der Waals surface area contributed by atoms with Crippen LogP contribution in [0.3, 0.4) is 0 Å². The number of thiocarbonyl (C=S) groups is 1. The lowest BCUT2D eigenvalue weighted by Gasteiger charge is -2.10. The van der Waals surface area contributed by atoms with Gasteiger partial charge in [0.1, 0.15) is 5.82 Å². The van der Waals surface area contributed by atoms with Gasteiger partial charge in [0.15, 0.2) is 5.11 Å². The number of benzene rings is 1. The van der Waals surface area contributed by atoms with Crippen LogP contribution in [0.15, 0.2) is 18.2 Å². The maximum Gasteiger partial charge on any atom is 0.170 e. The Kier molecular flexibility index (Phi) is 2.86. The molecule has 0 saturated heterocycles. The first kappa shape index (κ1) is 10.4. The number of rotatable bonds is 2. The van der Waals surface area contributed by atoms with E-state index in [1.54, 1.807) is 19.1 Å². The number of halogens is 1. The molecule has 0 aromatic heterocycles. The molecule has 0 atom stereocenters. The fourth-order valence-electron chi connectivity index (χ4n) is 1.30. The van der Waals surface area contributed by atoms with E-state index in [0.717, 1.165) is 5.69 Å². The molecule has 0 heterocycles. The molecule has 0 unspecified atom stereocenters. The summed E-state index contributed by atoms with van der Waals surface area (Å²) in [4.78, 5) is 0. The van der Waals surface area contributed by atoms with E-state index in [2.05, 4.69) is 10.6 Å². The summed E-state index contributed by atoms with van der Waals surface area (Å²) in [6.45, 7) is 1.73. The van der Waals surface area contributed by atoms with Gasteiger partial charge in [0, 0.05) is 11.7 Å². The van der Waals surface area contributed by atoms with Crippen molar-refractivity contribution in [1.29, 1.82) is 0 Å². The molecular weight excluding hydrogens is 211 g/mol. The highest BCUT2D eigenvalue weighted by Crippen LogP contribution is 2.19. The Morgan fingerprint density at radius 3 is 2.80 bits per heavy atom. The Morgan fingerprint density at radius 1 is 1.47 bits per heavy atom. The van der Waals surface area contributed by atoms with Crippen LogP contribution in [0.1, 0.15) is 18.4 Å². The van der Waals surface area contributed by atoms with Gasteiger partial charge < -0.3 is 10.6 Å². The fourth-order valence-corrected chi connectivity index (χ4v) is 1.59. The maximum atomic E-state index is 13.0. The van der Waals surface area contributed by atoms with Crippen molar-refractivity contribution in [2.45, 2.75) is 25.8 Å². The SMILES string of the molecule is Cc1cc(NC(=S)NC2CC2)ccc1F. The van der Waals surface area contributed by atoms with Gasteiger partial charge >= 0.3 is 0 Å². The lowest BCUT2D eigenvalue weighted by Crippen LogP contribution is -2.30. The summed E-state index contributed by atoms with van der Waals surface area (Å²) >= 11 is 5.11. The maximum absolute atomic E-state index is 13.0. The van der Waals surface area contributed by atoms with Crippen LogP contribution in [-0.4, -0.2) is 11.2 Å². The van der Waals surface area contributed by atoms with E-state index in [1.807, 2.05) is 0 Å². The third-order valence-corrected chi connectivity index (χ3v) is 2.55. The first-order valence-electron chi connectivity index (χ1n) is 4.99. The van der Waals surface area contributed by atoms with Gasteiger partial charge in [0.25, 0.3) is 0 Å². The molecule has 0 amide bonds. The first-order valence-corrected chi connectivity index (χ1v) is 5.39. The van der Waals surface area contributed by atoms with Crippen LogP contribution < -0.4 is 10.6 Å². The standard InChI is InChI=1S/C11H13FN2S/c1-7-6-9(4-5-10(7)12)14-11(15)13-8-2-3-8/h4-6,8H,2-3H2,1H3,(H2,13,14,15). The van der Waals surface area contributed by atoms with Crippen LogP contribution >= 0.6 is 12.2 Å².